The van der Waals surface area contributed by atoms with Gasteiger partial charge in [-0.3, -0.25) is 0 Å². The minimum Gasteiger partial charge on any atom is -0.467 e. The molecule has 0 bridgehead atoms. The molecule has 1 aromatic carbocycles. The zero-order chi connectivity index (χ0) is 24.7. The highest BCUT2D eigenvalue weighted by Crippen LogP contribution is 2.35. The lowest BCUT2D eigenvalue weighted by molar-refractivity contribution is 0.0227. The van der Waals surface area contributed by atoms with Crippen molar-refractivity contribution in [2.75, 3.05) is 38.4 Å². The van der Waals surface area contributed by atoms with Crippen LogP contribution in [0.4, 0.5) is 10.7 Å². The molecule has 2 aromatic rings. The van der Waals surface area contributed by atoms with Crippen LogP contribution in [0.1, 0.15) is 44.9 Å². The molecule has 182 valence electrons. The maximum Gasteiger partial charge on any atom is 0.407 e. The molecule has 3 rings (SSSR count). The topological polar surface area (TPSA) is 133 Å². The van der Waals surface area contributed by atoms with Gasteiger partial charge in [0.1, 0.15) is 11.4 Å². The third-order valence-electron chi connectivity index (χ3n) is 6.23. The summed E-state index contributed by atoms with van der Waals surface area (Å²) in [5.41, 5.74) is 2.22. The molecule has 34 heavy (non-hydrogen) atoms. The van der Waals surface area contributed by atoms with Gasteiger partial charge in [0.15, 0.2) is 6.79 Å². The number of hydrogen-bond donors (Lipinski definition) is 2. The third kappa shape index (κ3) is 6.11. The largest absolute Gasteiger partial charge is 0.467 e. The Hall–Kier alpha value is -3.45. The van der Waals surface area contributed by atoms with Gasteiger partial charge in [-0.05, 0) is 56.2 Å². The first-order valence-electron chi connectivity index (χ1n) is 11.4. The number of hydrogen-bond acceptors (Lipinski definition) is 8. The van der Waals surface area contributed by atoms with Gasteiger partial charge in [0.05, 0.1) is 17.3 Å². The Balaban J connectivity index is 1.73. The summed E-state index contributed by atoms with van der Waals surface area (Å²) in [5.74, 6) is 1.13. The molecule has 1 atom stereocenters. The molecule has 0 saturated carbocycles. The maximum absolute atomic E-state index is 11.4. The number of ether oxygens (including phenoxy) is 2. The fourth-order valence-corrected chi connectivity index (χ4v) is 4.06. The second kappa shape index (κ2) is 11.1. The number of carboxylic acid groups (broad SMARTS) is 1. The Morgan fingerprint density at radius 2 is 2.18 bits per heavy atom. The lowest BCUT2D eigenvalue weighted by atomic mass is 9.74. The summed E-state index contributed by atoms with van der Waals surface area (Å²) < 4.78 is 11.0. The fraction of sp³-hybridized carbons (Fsp3) is 0.542. The van der Waals surface area contributed by atoms with Crippen LogP contribution in [-0.4, -0.2) is 64.3 Å². The molecule has 0 aliphatic carbocycles. The molecule has 1 aromatic heterocycles. The van der Waals surface area contributed by atoms with Crippen molar-refractivity contribution >= 4 is 12.0 Å². The van der Waals surface area contributed by atoms with E-state index in [1.54, 1.807) is 18.2 Å². The molecule has 10 heteroatoms. The van der Waals surface area contributed by atoms with Crippen molar-refractivity contribution in [1.82, 2.24) is 20.1 Å². The molecule has 1 amide bonds. The number of nitrogens with one attached hydrogen (secondary N) is 1. The number of piperidine rings is 1. The number of amides is 1. The molecule has 1 fully saturated rings. The SMILES string of the molecule is CCOCOc1cc(C#N)ccc1-c1nnc(NCC(C)(C)[C@H]2CCCN(C(=O)O)C2)nc1C. The summed E-state index contributed by atoms with van der Waals surface area (Å²) in [5, 5.41) is 30.5. The standard InChI is InChI=1S/C24H32N6O4/c1-5-33-15-34-20-11-17(12-25)8-9-19(20)21-16(2)27-22(29-28-21)26-14-24(3,4)18-7-6-10-30(13-18)23(31)32/h8-9,11,18H,5-7,10,13-15H2,1-4H3,(H,31,32)(H,26,27,29)/t18-/m0/s1. The van der Waals surface area contributed by atoms with Crippen LogP contribution in [0.3, 0.4) is 0 Å². The van der Waals surface area contributed by atoms with E-state index < -0.39 is 6.09 Å². The van der Waals surface area contributed by atoms with Crippen LogP contribution < -0.4 is 10.1 Å². The number of anilines is 1. The second-order valence-corrected chi connectivity index (χ2v) is 9.06. The summed E-state index contributed by atoms with van der Waals surface area (Å²) >= 11 is 0. The van der Waals surface area contributed by atoms with Crippen molar-refractivity contribution in [3.63, 3.8) is 0 Å². The van der Waals surface area contributed by atoms with E-state index in [0.717, 1.165) is 12.8 Å². The molecular weight excluding hydrogens is 436 g/mol. The van der Waals surface area contributed by atoms with Gasteiger partial charge >= 0.3 is 6.09 Å². The van der Waals surface area contributed by atoms with Gasteiger partial charge < -0.3 is 24.8 Å². The number of benzene rings is 1. The Morgan fingerprint density at radius 3 is 2.85 bits per heavy atom. The quantitative estimate of drug-likeness (QED) is 0.415. The summed E-state index contributed by atoms with van der Waals surface area (Å²) in [6.07, 6.45) is 0.989. The van der Waals surface area contributed by atoms with Crippen molar-refractivity contribution in [2.45, 2.75) is 40.5 Å². The van der Waals surface area contributed by atoms with Gasteiger partial charge in [-0.1, -0.05) is 13.8 Å². The normalized spacial score (nSPS) is 16.1. The van der Waals surface area contributed by atoms with Gasteiger partial charge in [-0.25, -0.2) is 9.78 Å². The van der Waals surface area contributed by atoms with Crippen molar-refractivity contribution in [3.8, 4) is 23.1 Å². The Labute approximate surface area is 199 Å². The third-order valence-corrected chi connectivity index (χ3v) is 6.23. The minimum absolute atomic E-state index is 0.0630. The zero-order valence-electron chi connectivity index (χ0n) is 20.2. The molecule has 1 aliphatic rings. The van der Waals surface area contributed by atoms with Crippen LogP contribution >= 0.6 is 0 Å². The highest BCUT2D eigenvalue weighted by molar-refractivity contribution is 5.70. The summed E-state index contributed by atoms with van der Waals surface area (Å²) in [4.78, 5) is 17.5. The molecule has 0 radical (unpaired) electrons. The van der Waals surface area contributed by atoms with E-state index in [-0.39, 0.29) is 18.1 Å². The van der Waals surface area contributed by atoms with Crippen LogP contribution in [0.2, 0.25) is 0 Å². The molecule has 2 heterocycles. The summed E-state index contributed by atoms with van der Waals surface area (Å²) in [6.45, 7) is 10.3. The average Bonchev–Trinajstić information content (AvgIpc) is 2.83. The molecule has 10 nitrogen and oxygen atoms in total. The zero-order valence-corrected chi connectivity index (χ0v) is 20.2. The van der Waals surface area contributed by atoms with E-state index in [0.29, 0.717) is 60.5 Å². The lowest BCUT2D eigenvalue weighted by Gasteiger charge is -2.40. The monoisotopic (exact) mass is 468 g/mol. The van der Waals surface area contributed by atoms with Crippen LogP contribution in [0.25, 0.3) is 11.3 Å². The number of aryl methyl sites for hydroxylation is 1. The van der Waals surface area contributed by atoms with E-state index in [1.165, 1.54) is 4.90 Å². The number of carbonyl (C=O) groups is 1. The van der Waals surface area contributed by atoms with Gasteiger partial charge in [-0.2, -0.15) is 5.26 Å². The van der Waals surface area contributed by atoms with Crippen molar-refractivity contribution in [2.24, 2.45) is 11.3 Å². The van der Waals surface area contributed by atoms with Crippen LogP contribution in [0.5, 0.6) is 5.75 Å². The van der Waals surface area contributed by atoms with Gasteiger partial charge in [0.25, 0.3) is 0 Å². The van der Waals surface area contributed by atoms with E-state index in [1.807, 2.05) is 13.8 Å². The van der Waals surface area contributed by atoms with Crippen molar-refractivity contribution < 1.29 is 19.4 Å². The van der Waals surface area contributed by atoms with Crippen LogP contribution in [-0.2, 0) is 4.74 Å². The predicted octanol–water partition coefficient (Wildman–Crippen LogP) is 3.92. The first-order chi connectivity index (χ1) is 16.2. The number of nitrogens with zero attached hydrogens (tertiary/aromatic N) is 5. The Bertz CT molecular complexity index is 1050. The number of likely N-dealkylation sites (tertiary alicyclic amines) is 1. The first kappa shape index (κ1) is 25.2. The van der Waals surface area contributed by atoms with Crippen LogP contribution in [0.15, 0.2) is 18.2 Å². The summed E-state index contributed by atoms with van der Waals surface area (Å²) in [7, 11) is 0. The number of aromatic nitrogens is 3. The summed E-state index contributed by atoms with van der Waals surface area (Å²) in [6, 6.07) is 7.22. The van der Waals surface area contributed by atoms with Crippen molar-refractivity contribution in [1.29, 1.82) is 5.26 Å². The fourth-order valence-electron chi connectivity index (χ4n) is 4.06. The van der Waals surface area contributed by atoms with Gasteiger partial charge in [0, 0.05) is 31.8 Å². The van der Waals surface area contributed by atoms with E-state index in [2.05, 4.69) is 40.4 Å². The highest BCUT2D eigenvalue weighted by Gasteiger charge is 2.34. The Kier molecular flexibility index (Phi) is 8.23. The maximum atomic E-state index is 11.4. The van der Waals surface area contributed by atoms with Crippen LogP contribution in [0, 0.1) is 29.6 Å². The van der Waals surface area contributed by atoms with E-state index in [4.69, 9.17) is 9.47 Å². The second-order valence-electron chi connectivity index (χ2n) is 9.06. The highest BCUT2D eigenvalue weighted by atomic mass is 16.7. The van der Waals surface area contributed by atoms with Crippen molar-refractivity contribution in [3.05, 3.63) is 29.5 Å². The molecule has 1 aliphatic heterocycles. The molecule has 0 spiro atoms. The minimum atomic E-state index is -0.861. The molecular formula is C24H32N6O4. The number of nitriles is 1. The Morgan fingerprint density at radius 1 is 1.38 bits per heavy atom. The first-order valence-corrected chi connectivity index (χ1v) is 11.4. The van der Waals surface area contributed by atoms with Gasteiger partial charge in [-0.15, -0.1) is 10.2 Å². The molecule has 2 N–H and O–H groups in total. The number of rotatable bonds is 9. The lowest BCUT2D eigenvalue weighted by Crippen LogP contribution is -2.45. The van der Waals surface area contributed by atoms with E-state index >= 15 is 0 Å². The molecule has 1 saturated heterocycles. The average molecular weight is 469 g/mol. The predicted molar refractivity (Wildman–Crippen MR) is 126 cm³/mol. The van der Waals surface area contributed by atoms with Gasteiger partial charge in [0.2, 0.25) is 5.95 Å². The molecule has 0 unspecified atom stereocenters. The smallest absolute Gasteiger partial charge is 0.407 e. The van der Waals surface area contributed by atoms with E-state index in [9.17, 15) is 15.2 Å².